The zero-order valence-corrected chi connectivity index (χ0v) is 15.8. The van der Waals surface area contributed by atoms with Crippen LogP contribution in [0.15, 0.2) is 24.3 Å². The Morgan fingerprint density at radius 3 is 2.28 bits per heavy atom. The van der Waals surface area contributed by atoms with Crippen LogP contribution in [-0.2, 0) is 14.3 Å². The Morgan fingerprint density at radius 2 is 1.76 bits per heavy atom. The Morgan fingerprint density at radius 1 is 1.16 bits per heavy atom. The minimum atomic E-state index is -0.132. The first kappa shape index (κ1) is 19.4. The highest BCUT2D eigenvalue weighted by Crippen LogP contribution is 2.17. The highest BCUT2D eigenvalue weighted by molar-refractivity contribution is 5.93. The quantitative estimate of drug-likeness (QED) is 0.774. The zero-order valence-electron chi connectivity index (χ0n) is 15.8. The number of piperidine rings is 1. The maximum Gasteiger partial charge on any atom is 0.309 e. The third kappa shape index (κ3) is 5.30. The van der Waals surface area contributed by atoms with Crippen molar-refractivity contribution in [1.82, 2.24) is 0 Å². The van der Waals surface area contributed by atoms with E-state index in [1.54, 1.807) is 0 Å². The van der Waals surface area contributed by atoms with Crippen LogP contribution in [0.5, 0.6) is 0 Å². The van der Waals surface area contributed by atoms with Crippen LogP contribution in [0.4, 0.5) is 5.69 Å². The monoisotopic (exact) mass is 347 g/mol. The van der Waals surface area contributed by atoms with Gasteiger partial charge in [-0.15, -0.1) is 0 Å². The van der Waals surface area contributed by atoms with Crippen molar-refractivity contribution in [2.45, 2.75) is 52.5 Å². The summed E-state index contributed by atoms with van der Waals surface area (Å²) >= 11 is 0. The Bertz CT molecular complexity index is 575. The van der Waals surface area contributed by atoms with Gasteiger partial charge in [-0.3, -0.25) is 9.59 Å². The summed E-state index contributed by atoms with van der Waals surface area (Å²) in [6.45, 7) is 10.2. The topological polar surface area (TPSA) is 59.8 Å². The van der Waals surface area contributed by atoms with Crippen molar-refractivity contribution < 1.29 is 19.2 Å². The maximum absolute atomic E-state index is 12.5. The molecule has 1 aliphatic heterocycles. The lowest BCUT2D eigenvalue weighted by atomic mass is 9.96. The summed E-state index contributed by atoms with van der Waals surface area (Å²) in [5.74, 6) is 0.405. The van der Waals surface area contributed by atoms with Crippen LogP contribution in [0.1, 0.15) is 52.0 Å². The summed E-state index contributed by atoms with van der Waals surface area (Å²) in [6, 6.07) is 7.91. The van der Waals surface area contributed by atoms with Crippen LogP contribution in [-0.4, -0.2) is 37.6 Å². The van der Waals surface area contributed by atoms with Gasteiger partial charge in [-0.2, -0.15) is 0 Å². The normalized spacial score (nSPS) is 21.6. The molecule has 1 aromatic carbocycles. The number of hydrogen-bond donors (Lipinski definition) is 2. The second kappa shape index (κ2) is 8.99. The molecular formula is C20H31N2O3+. The second-order valence-corrected chi connectivity index (χ2v) is 7.17. The number of esters is 1. The first-order valence-corrected chi connectivity index (χ1v) is 9.34. The van der Waals surface area contributed by atoms with Crippen molar-refractivity contribution in [1.29, 1.82) is 0 Å². The molecule has 5 nitrogen and oxygen atoms in total. The molecule has 2 N–H and O–H groups in total. The molecule has 0 aliphatic carbocycles. The van der Waals surface area contributed by atoms with Gasteiger partial charge in [-0.1, -0.05) is 26.0 Å². The molecule has 0 spiro atoms. The number of likely N-dealkylation sites (tertiary alicyclic amines) is 1. The molecule has 0 bridgehead atoms. The summed E-state index contributed by atoms with van der Waals surface area (Å²) in [5, 5.41) is 3.01. The first-order chi connectivity index (χ1) is 11.9. The van der Waals surface area contributed by atoms with Crippen LogP contribution in [0, 0.1) is 5.92 Å². The average Bonchev–Trinajstić information content (AvgIpc) is 2.61. The number of anilines is 1. The Hall–Kier alpha value is -1.88. The number of quaternary nitrogens is 1. The van der Waals surface area contributed by atoms with E-state index < -0.39 is 0 Å². The summed E-state index contributed by atoms with van der Waals surface area (Å²) in [7, 11) is 0. The fraction of sp³-hybridized carbons (Fsp3) is 0.600. The molecule has 1 saturated heterocycles. The third-order valence-corrected chi connectivity index (χ3v) is 5.10. The van der Waals surface area contributed by atoms with E-state index in [9.17, 15) is 9.59 Å². The van der Waals surface area contributed by atoms with E-state index in [4.69, 9.17) is 4.74 Å². The van der Waals surface area contributed by atoms with Gasteiger partial charge in [-0.05, 0) is 37.5 Å². The van der Waals surface area contributed by atoms with E-state index in [1.165, 1.54) is 10.5 Å². The molecule has 1 fully saturated rings. The summed E-state index contributed by atoms with van der Waals surface area (Å²) in [6.07, 6.45) is 1.57. The number of nitrogens with one attached hydrogen (secondary N) is 2. The highest BCUT2D eigenvalue weighted by atomic mass is 16.5. The van der Waals surface area contributed by atoms with Gasteiger partial charge >= 0.3 is 5.97 Å². The molecule has 0 radical (unpaired) electrons. The number of ether oxygens (including phenoxy) is 1. The van der Waals surface area contributed by atoms with Crippen molar-refractivity contribution >= 4 is 17.6 Å². The molecule has 5 heteroatoms. The molecule has 0 aromatic heterocycles. The number of amides is 1. The number of carbonyl (C=O) groups excluding carboxylic acids is 2. The van der Waals surface area contributed by atoms with Crippen LogP contribution < -0.4 is 10.2 Å². The standard InChI is InChI=1S/C20H30N2O3/c1-5-25-20(24)17-10-12-22(13-11-17)15(4)19(23)21-18-8-6-16(7-9-18)14(2)3/h6-9,14-15,17H,5,10-13H2,1-4H3,(H,21,23)/p+1/t15-/m0/s1. The molecule has 138 valence electrons. The van der Waals surface area contributed by atoms with E-state index >= 15 is 0 Å². The van der Waals surface area contributed by atoms with Gasteiger partial charge in [0.2, 0.25) is 0 Å². The zero-order chi connectivity index (χ0) is 18.4. The lowest BCUT2D eigenvalue weighted by Crippen LogP contribution is -3.17. The van der Waals surface area contributed by atoms with Gasteiger partial charge in [0.15, 0.2) is 6.04 Å². The molecule has 0 saturated carbocycles. The summed E-state index contributed by atoms with van der Waals surface area (Å²) < 4.78 is 5.10. The average molecular weight is 347 g/mol. The second-order valence-electron chi connectivity index (χ2n) is 7.17. The smallest absolute Gasteiger partial charge is 0.309 e. The van der Waals surface area contributed by atoms with E-state index in [0.29, 0.717) is 12.5 Å². The highest BCUT2D eigenvalue weighted by Gasteiger charge is 2.33. The van der Waals surface area contributed by atoms with Crippen molar-refractivity contribution in [2.75, 3.05) is 25.0 Å². The lowest BCUT2D eigenvalue weighted by Gasteiger charge is -2.31. The Kier molecular flexibility index (Phi) is 7.00. The predicted octanol–water partition coefficient (Wildman–Crippen LogP) is 1.99. The SMILES string of the molecule is CCOC(=O)C1CC[NH+]([C@@H](C)C(=O)Nc2ccc(C(C)C)cc2)CC1. The van der Waals surface area contributed by atoms with Gasteiger partial charge < -0.3 is 15.0 Å². The van der Waals surface area contributed by atoms with E-state index in [-0.39, 0.29) is 23.8 Å². The lowest BCUT2D eigenvalue weighted by molar-refractivity contribution is -0.919. The molecule has 1 atom stereocenters. The molecular weight excluding hydrogens is 316 g/mol. The van der Waals surface area contributed by atoms with Crippen LogP contribution >= 0.6 is 0 Å². The van der Waals surface area contributed by atoms with Gasteiger partial charge in [0.05, 0.1) is 25.6 Å². The Balaban J connectivity index is 1.85. The van der Waals surface area contributed by atoms with Crippen LogP contribution in [0.25, 0.3) is 0 Å². The first-order valence-electron chi connectivity index (χ1n) is 9.34. The van der Waals surface area contributed by atoms with E-state index in [0.717, 1.165) is 31.6 Å². The number of rotatable bonds is 6. The Labute approximate surface area is 150 Å². The minimum absolute atomic E-state index is 0.0115. The minimum Gasteiger partial charge on any atom is -0.466 e. The van der Waals surface area contributed by atoms with Crippen molar-refractivity contribution in [3.05, 3.63) is 29.8 Å². The van der Waals surface area contributed by atoms with E-state index in [2.05, 4.69) is 31.3 Å². The molecule has 1 heterocycles. The third-order valence-electron chi connectivity index (χ3n) is 5.10. The maximum atomic E-state index is 12.5. The number of benzene rings is 1. The molecule has 1 aliphatic rings. The molecule has 1 amide bonds. The largest absolute Gasteiger partial charge is 0.466 e. The van der Waals surface area contributed by atoms with Gasteiger partial charge in [0.1, 0.15) is 0 Å². The van der Waals surface area contributed by atoms with Gasteiger partial charge in [-0.25, -0.2) is 0 Å². The fourth-order valence-corrected chi connectivity index (χ4v) is 3.30. The molecule has 25 heavy (non-hydrogen) atoms. The number of hydrogen-bond acceptors (Lipinski definition) is 3. The predicted molar refractivity (Wildman–Crippen MR) is 98.7 cm³/mol. The van der Waals surface area contributed by atoms with Crippen molar-refractivity contribution in [3.63, 3.8) is 0 Å². The number of carbonyl (C=O) groups is 2. The van der Waals surface area contributed by atoms with Crippen molar-refractivity contribution in [2.24, 2.45) is 5.92 Å². The molecule has 0 unspecified atom stereocenters. The van der Waals surface area contributed by atoms with Crippen LogP contribution in [0.2, 0.25) is 0 Å². The van der Waals surface area contributed by atoms with Crippen molar-refractivity contribution in [3.8, 4) is 0 Å². The van der Waals surface area contributed by atoms with Gasteiger partial charge in [0.25, 0.3) is 5.91 Å². The summed E-state index contributed by atoms with van der Waals surface area (Å²) in [5.41, 5.74) is 2.10. The molecule has 1 aromatic rings. The summed E-state index contributed by atoms with van der Waals surface area (Å²) in [4.78, 5) is 25.6. The van der Waals surface area contributed by atoms with E-state index in [1.807, 2.05) is 26.0 Å². The fourth-order valence-electron chi connectivity index (χ4n) is 3.30. The van der Waals surface area contributed by atoms with Crippen LogP contribution in [0.3, 0.4) is 0 Å². The van der Waals surface area contributed by atoms with Gasteiger partial charge in [0, 0.05) is 18.5 Å². The molecule has 2 rings (SSSR count).